The summed E-state index contributed by atoms with van der Waals surface area (Å²) in [5.41, 5.74) is 11.2. The van der Waals surface area contributed by atoms with Crippen LogP contribution in [-0.4, -0.2) is 36.8 Å². The van der Waals surface area contributed by atoms with Crippen molar-refractivity contribution in [3.05, 3.63) is 0 Å². The van der Waals surface area contributed by atoms with Crippen LogP contribution in [0.1, 0.15) is 77.0 Å². The molecule has 0 spiro atoms. The Morgan fingerprint density at radius 2 is 1.36 bits per heavy atom. The van der Waals surface area contributed by atoms with Crippen molar-refractivity contribution in [2.75, 3.05) is 19.6 Å². The summed E-state index contributed by atoms with van der Waals surface area (Å²) in [4.78, 5) is 10.5. The summed E-state index contributed by atoms with van der Waals surface area (Å²) in [6.45, 7) is 2.83. The predicted octanol–water partition coefficient (Wildman–Crippen LogP) is 2.63. The van der Waals surface area contributed by atoms with Crippen LogP contribution in [0.4, 0.5) is 0 Å². The zero-order chi connectivity index (χ0) is 16.5. The van der Waals surface area contributed by atoms with Gasteiger partial charge in [0.1, 0.15) is 0 Å². The maximum Gasteiger partial charge on any atom is 0.304 e. The van der Waals surface area contributed by atoms with Crippen molar-refractivity contribution in [2.45, 2.75) is 83.1 Å². The number of aliphatic carboxylic acids is 1. The maximum atomic E-state index is 10.5. The first kappa shape index (κ1) is 21.4. The van der Waals surface area contributed by atoms with E-state index in [1.165, 1.54) is 57.8 Å². The van der Waals surface area contributed by atoms with Crippen LogP contribution in [0.25, 0.3) is 0 Å². The molecule has 0 heterocycles. The summed E-state index contributed by atoms with van der Waals surface area (Å²) in [5, 5.41) is 12.0. The van der Waals surface area contributed by atoms with Crippen molar-refractivity contribution in [2.24, 2.45) is 11.5 Å². The molecule has 0 aromatic heterocycles. The number of nitrogens with one attached hydrogen (secondary N) is 1. The molecular weight excluding hydrogens is 278 g/mol. The first-order chi connectivity index (χ1) is 10.7. The van der Waals surface area contributed by atoms with E-state index in [1.807, 2.05) is 0 Å². The number of hydrogen-bond acceptors (Lipinski definition) is 4. The Morgan fingerprint density at radius 1 is 0.864 bits per heavy atom. The second kappa shape index (κ2) is 16.7. The fraction of sp³-hybridized carbons (Fsp3) is 0.941. The van der Waals surface area contributed by atoms with Crippen LogP contribution in [0.5, 0.6) is 0 Å². The Balaban J connectivity index is 3.07. The van der Waals surface area contributed by atoms with E-state index in [9.17, 15) is 4.79 Å². The van der Waals surface area contributed by atoms with Gasteiger partial charge in [-0.15, -0.1) is 0 Å². The highest BCUT2D eigenvalue weighted by molar-refractivity contribution is 5.67. The first-order valence-electron chi connectivity index (χ1n) is 9.05. The van der Waals surface area contributed by atoms with Gasteiger partial charge >= 0.3 is 5.97 Å². The van der Waals surface area contributed by atoms with Crippen LogP contribution in [0, 0.1) is 0 Å². The minimum atomic E-state index is -0.806. The zero-order valence-electron chi connectivity index (χ0n) is 14.2. The number of hydrogen-bond donors (Lipinski definition) is 4. The minimum Gasteiger partial charge on any atom is -0.481 e. The highest BCUT2D eigenvalue weighted by Crippen LogP contribution is 2.09. The average molecular weight is 316 g/mol. The largest absolute Gasteiger partial charge is 0.481 e. The lowest BCUT2D eigenvalue weighted by Crippen LogP contribution is -2.25. The van der Waals surface area contributed by atoms with Gasteiger partial charge in [-0.3, -0.25) is 4.79 Å². The predicted molar refractivity (Wildman–Crippen MR) is 92.9 cm³/mol. The third-order valence-electron chi connectivity index (χ3n) is 3.92. The number of nitrogens with two attached hydrogens (primary N) is 2. The summed E-state index contributed by atoms with van der Waals surface area (Å²) < 4.78 is 0. The monoisotopic (exact) mass is 315 g/mol. The summed E-state index contributed by atoms with van der Waals surface area (Å²) >= 11 is 0. The van der Waals surface area contributed by atoms with Crippen LogP contribution in [-0.2, 0) is 4.79 Å². The lowest BCUT2D eigenvalue weighted by Gasteiger charge is -2.09. The lowest BCUT2D eigenvalue weighted by molar-refractivity contribution is -0.137. The van der Waals surface area contributed by atoms with Gasteiger partial charge in [0.05, 0.1) is 6.42 Å². The molecule has 132 valence electrons. The third-order valence-corrected chi connectivity index (χ3v) is 3.92. The number of carboxylic acids is 1. The number of carbonyl (C=O) groups is 1. The molecule has 0 aromatic carbocycles. The lowest BCUT2D eigenvalue weighted by atomic mass is 10.1. The van der Waals surface area contributed by atoms with Gasteiger partial charge in [-0.2, -0.15) is 0 Å². The molecular formula is C17H37N3O2. The molecule has 0 amide bonds. The minimum absolute atomic E-state index is 0.0756. The number of carboxylic acid groups (broad SMARTS) is 1. The molecule has 0 bridgehead atoms. The Hall–Kier alpha value is -0.650. The first-order valence-corrected chi connectivity index (χ1v) is 9.05. The van der Waals surface area contributed by atoms with E-state index in [4.69, 9.17) is 16.6 Å². The van der Waals surface area contributed by atoms with Gasteiger partial charge < -0.3 is 21.9 Å². The molecule has 0 aliphatic rings. The fourth-order valence-corrected chi connectivity index (χ4v) is 2.57. The van der Waals surface area contributed by atoms with E-state index in [0.29, 0.717) is 0 Å². The molecule has 0 aromatic rings. The standard InChI is InChI=1S/C17H37N3O2/c18-12-8-6-4-2-1-3-5-7-9-13-20-14-10-11-16(19)15-17(21)22/h16,20H,1-15,18-19H2,(H,21,22). The van der Waals surface area contributed by atoms with Gasteiger partial charge in [0.15, 0.2) is 0 Å². The summed E-state index contributed by atoms with van der Waals surface area (Å²) in [7, 11) is 0. The van der Waals surface area contributed by atoms with Gasteiger partial charge in [-0.1, -0.05) is 44.9 Å². The topological polar surface area (TPSA) is 101 Å². The second-order valence-electron chi connectivity index (χ2n) is 6.22. The van der Waals surface area contributed by atoms with Gasteiger partial charge in [-0.25, -0.2) is 0 Å². The average Bonchev–Trinajstić information content (AvgIpc) is 2.47. The quantitative estimate of drug-likeness (QED) is 0.309. The summed E-state index contributed by atoms with van der Waals surface area (Å²) in [6.07, 6.45) is 13.5. The van der Waals surface area contributed by atoms with E-state index in [1.54, 1.807) is 0 Å². The Labute approximate surface area is 136 Å². The number of unbranched alkanes of at least 4 members (excludes halogenated alkanes) is 8. The SMILES string of the molecule is NCCCCCCCCCCCNCCCC(N)CC(=O)O. The highest BCUT2D eigenvalue weighted by atomic mass is 16.4. The molecule has 0 aliphatic heterocycles. The molecule has 0 saturated carbocycles. The smallest absolute Gasteiger partial charge is 0.304 e. The Morgan fingerprint density at radius 3 is 1.91 bits per heavy atom. The van der Waals surface area contributed by atoms with E-state index < -0.39 is 5.97 Å². The molecule has 6 N–H and O–H groups in total. The van der Waals surface area contributed by atoms with Crippen molar-refractivity contribution in [3.63, 3.8) is 0 Å². The molecule has 1 unspecified atom stereocenters. The van der Waals surface area contributed by atoms with Crippen LogP contribution in [0.2, 0.25) is 0 Å². The summed E-state index contributed by atoms with van der Waals surface area (Å²) in [6, 6.07) is -0.204. The van der Waals surface area contributed by atoms with Crippen LogP contribution in [0.15, 0.2) is 0 Å². The van der Waals surface area contributed by atoms with E-state index in [-0.39, 0.29) is 12.5 Å². The summed E-state index contributed by atoms with van der Waals surface area (Å²) in [5.74, 6) is -0.806. The number of rotatable bonds is 17. The van der Waals surface area contributed by atoms with E-state index in [0.717, 1.165) is 32.5 Å². The molecule has 22 heavy (non-hydrogen) atoms. The van der Waals surface area contributed by atoms with Crippen LogP contribution >= 0.6 is 0 Å². The maximum absolute atomic E-state index is 10.5. The van der Waals surface area contributed by atoms with E-state index in [2.05, 4.69) is 5.32 Å². The molecule has 5 heteroatoms. The molecule has 0 fully saturated rings. The van der Waals surface area contributed by atoms with Crippen molar-refractivity contribution in [1.29, 1.82) is 0 Å². The molecule has 0 saturated heterocycles. The Bertz CT molecular complexity index is 250. The van der Waals surface area contributed by atoms with Gasteiger partial charge in [0.25, 0.3) is 0 Å². The van der Waals surface area contributed by atoms with Crippen LogP contribution < -0.4 is 16.8 Å². The van der Waals surface area contributed by atoms with Gasteiger partial charge in [0.2, 0.25) is 0 Å². The normalized spacial score (nSPS) is 12.5. The van der Waals surface area contributed by atoms with Crippen LogP contribution in [0.3, 0.4) is 0 Å². The van der Waals surface area contributed by atoms with Crippen molar-refractivity contribution >= 4 is 5.97 Å². The van der Waals surface area contributed by atoms with Gasteiger partial charge in [0, 0.05) is 6.04 Å². The zero-order valence-corrected chi connectivity index (χ0v) is 14.2. The van der Waals surface area contributed by atoms with Crippen molar-refractivity contribution in [1.82, 2.24) is 5.32 Å². The molecule has 1 atom stereocenters. The molecule has 5 nitrogen and oxygen atoms in total. The molecule has 0 radical (unpaired) electrons. The van der Waals surface area contributed by atoms with Crippen molar-refractivity contribution in [3.8, 4) is 0 Å². The third kappa shape index (κ3) is 17.4. The fourth-order valence-electron chi connectivity index (χ4n) is 2.57. The molecule has 0 aliphatic carbocycles. The Kier molecular flexibility index (Phi) is 16.2. The second-order valence-corrected chi connectivity index (χ2v) is 6.22. The van der Waals surface area contributed by atoms with Crippen molar-refractivity contribution < 1.29 is 9.90 Å². The van der Waals surface area contributed by atoms with E-state index >= 15 is 0 Å². The molecule has 0 rings (SSSR count). The highest BCUT2D eigenvalue weighted by Gasteiger charge is 2.06. The van der Waals surface area contributed by atoms with Gasteiger partial charge in [-0.05, 0) is 45.3 Å².